The second kappa shape index (κ2) is 2.78. The van der Waals surface area contributed by atoms with Crippen molar-refractivity contribution in [3.8, 4) is 0 Å². The Morgan fingerprint density at radius 1 is 1.69 bits per heavy atom. The number of hydrogen-bond donors (Lipinski definition) is 2. The van der Waals surface area contributed by atoms with Crippen LogP contribution in [0.15, 0.2) is 0 Å². The Morgan fingerprint density at radius 2 is 2.38 bits per heavy atom. The second-order valence-corrected chi connectivity index (χ2v) is 3.49. The molecule has 3 atom stereocenters. The number of carbonyl (C=O) groups is 2. The minimum Gasteiger partial charge on any atom is -0.312 e. The molecule has 2 heterocycles. The summed E-state index contributed by atoms with van der Waals surface area (Å²) in [7, 11) is 1.75. The Kier molecular flexibility index (Phi) is 1.85. The quantitative estimate of drug-likeness (QED) is 0.501. The number of nitrogens with zero attached hydrogens (tertiary/aromatic N) is 1. The minimum atomic E-state index is -0.248. The van der Waals surface area contributed by atoms with Crippen LogP contribution in [0, 0.1) is 0 Å². The number of carbonyl (C=O) groups excluding carboxylic acids is 2. The zero-order valence-electron chi connectivity index (χ0n) is 7.70. The number of likely N-dealkylation sites (N-methyl/N-ethyl adjacent to an activating group) is 1. The van der Waals surface area contributed by atoms with Gasteiger partial charge in [0.25, 0.3) is 0 Å². The molecule has 5 nitrogen and oxygen atoms in total. The molecule has 1 amide bonds. The van der Waals surface area contributed by atoms with Gasteiger partial charge in [0.15, 0.2) is 5.78 Å². The molecule has 2 fully saturated rings. The molecule has 0 radical (unpaired) electrons. The molecule has 0 aromatic carbocycles. The maximum Gasteiger partial charge on any atom is 0.245 e. The first-order valence-electron chi connectivity index (χ1n) is 4.40. The highest BCUT2D eigenvalue weighted by Gasteiger charge is 2.54. The van der Waals surface area contributed by atoms with Crippen molar-refractivity contribution in [2.75, 3.05) is 13.6 Å². The Morgan fingerprint density at radius 3 is 2.92 bits per heavy atom. The molecular weight excluding hydrogens is 170 g/mol. The fourth-order valence-corrected chi connectivity index (χ4v) is 2.03. The Labute approximate surface area is 76.5 Å². The van der Waals surface area contributed by atoms with Gasteiger partial charge in [-0.1, -0.05) is 0 Å². The standard InChI is InChI=1S/C8H13N3O2/c1-4(12)5-3-10-7-6(9-2)8(13)11(5)7/h5-7,9-10H,3H2,1-2H3. The molecule has 0 aromatic rings. The van der Waals surface area contributed by atoms with Crippen LogP contribution in [0.2, 0.25) is 0 Å². The molecule has 0 saturated carbocycles. The first kappa shape index (κ1) is 8.65. The number of nitrogens with one attached hydrogen (secondary N) is 2. The Hall–Kier alpha value is -0.940. The molecule has 5 heteroatoms. The zero-order chi connectivity index (χ0) is 9.59. The first-order valence-corrected chi connectivity index (χ1v) is 4.40. The van der Waals surface area contributed by atoms with Crippen LogP contribution in [0.1, 0.15) is 6.92 Å². The van der Waals surface area contributed by atoms with E-state index in [0.29, 0.717) is 6.54 Å². The lowest BCUT2D eigenvalue weighted by Crippen LogP contribution is -2.71. The van der Waals surface area contributed by atoms with Gasteiger partial charge in [-0.2, -0.15) is 0 Å². The first-order chi connectivity index (χ1) is 6.16. The van der Waals surface area contributed by atoms with Crippen LogP contribution in [0.5, 0.6) is 0 Å². The number of Topliss-reactive ketones (excluding diaryl/α,β-unsaturated/α-hetero) is 1. The van der Waals surface area contributed by atoms with E-state index >= 15 is 0 Å². The van der Waals surface area contributed by atoms with Gasteiger partial charge in [0.2, 0.25) is 5.91 Å². The predicted molar refractivity (Wildman–Crippen MR) is 46.0 cm³/mol. The average molecular weight is 183 g/mol. The van der Waals surface area contributed by atoms with Crippen molar-refractivity contribution in [1.29, 1.82) is 0 Å². The number of β-lactam (4-membered cyclic amide) rings is 1. The van der Waals surface area contributed by atoms with Gasteiger partial charge in [0.05, 0.1) is 0 Å². The lowest BCUT2D eigenvalue weighted by Gasteiger charge is -2.43. The summed E-state index contributed by atoms with van der Waals surface area (Å²) in [6.07, 6.45) is 0.0198. The minimum absolute atomic E-state index is 0.0198. The number of amides is 1. The van der Waals surface area contributed by atoms with E-state index in [1.165, 1.54) is 6.92 Å². The van der Waals surface area contributed by atoms with E-state index < -0.39 is 0 Å². The smallest absolute Gasteiger partial charge is 0.245 e. The van der Waals surface area contributed by atoms with Crippen molar-refractivity contribution < 1.29 is 9.59 Å². The molecule has 3 unspecified atom stereocenters. The summed E-state index contributed by atoms with van der Waals surface area (Å²) in [5, 5.41) is 6.06. The summed E-state index contributed by atoms with van der Waals surface area (Å²) in [5.74, 6) is 0.0793. The lowest BCUT2D eigenvalue weighted by atomic mass is 10.0. The second-order valence-electron chi connectivity index (χ2n) is 3.49. The number of ketones is 1. The third-order valence-electron chi connectivity index (χ3n) is 2.77. The van der Waals surface area contributed by atoms with Gasteiger partial charge < -0.3 is 10.2 Å². The molecule has 2 saturated heterocycles. The molecular formula is C8H13N3O2. The number of fused-ring (bicyclic) bond motifs is 1. The molecule has 0 aromatic heterocycles. The van der Waals surface area contributed by atoms with Crippen LogP contribution in [-0.4, -0.2) is 48.4 Å². The van der Waals surface area contributed by atoms with E-state index in [2.05, 4.69) is 10.6 Å². The number of rotatable bonds is 2. The van der Waals surface area contributed by atoms with Crippen LogP contribution in [-0.2, 0) is 9.59 Å². The fraction of sp³-hybridized carbons (Fsp3) is 0.750. The highest BCUT2D eigenvalue weighted by molar-refractivity contribution is 5.95. The summed E-state index contributed by atoms with van der Waals surface area (Å²) in [5.41, 5.74) is 0. The van der Waals surface area contributed by atoms with Gasteiger partial charge in [-0.3, -0.25) is 14.9 Å². The van der Waals surface area contributed by atoms with Gasteiger partial charge in [-0.05, 0) is 14.0 Å². The van der Waals surface area contributed by atoms with Crippen LogP contribution < -0.4 is 10.6 Å². The van der Waals surface area contributed by atoms with Gasteiger partial charge >= 0.3 is 0 Å². The molecule has 13 heavy (non-hydrogen) atoms. The van der Waals surface area contributed by atoms with Gasteiger partial charge in [-0.25, -0.2) is 0 Å². The molecule has 72 valence electrons. The van der Waals surface area contributed by atoms with Crippen molar-refractivity contribution >= 4 is 11.7 Å². The summed E-state index contributed by atoms with van der Waals surface area (Å²) in [6.45, 7) is 2.11. The number of hydrogen-bond acceptors (Lipinski definition) is 4. The van der Waals surface area contributed by atoms with Gasteiger partial charge in [0.1, 0.15) is 18.2 Å². The van der Waals surface area contributed by atoms with Crippen LogP contribution >= 0.6 is 0 Å². The van der Waals surface area contributed by atoms with E-state index in [9.17, 15) is 9.59 Å². The summed E-state index contributed by atoms with van der Waals surface area (Å²) in [6, 6.07) is -0.397. The Balaban J connectivity index is 2.12. The fourth-order valence-electron chi connectivity index (χ4n) is 2.03. The summed E-state index contributed by atoms with van der Waals surface area (Å²) >= 11 is 0. The van der Waals surface area contributed by atoms with Crippen LogP contribution in [0.4, 0.5) is 0 Å². The van der Waals surface area contributed by atoms with Crippen LogP contribution in [0.25, 0.3) is 0 Å². The maximum atomic E-state index is 11.5. The third-order valence-corrected chi connectivity index (χ3v) is 2.77. The topological polar surface area (TPSA) is 61.4 Å². The maximum absolute atomic E-state index is 11.5. The zero-order valence-corrected chi connectivity index (χ0v) is 7.70. The van der Waals surface area contributed by atoms with E-state index in [1.54, 1.807) is 11.9 Å². The normalized spacial score (nSPS) is 37.2. The lowest BCUT2D eigenvalue weighted by molar-refractivity contribution is -0.154. The van der Waals surface area contributed by atoms with E-state index in [4.69, 9.17) is 0 Å². The summed E-state index contributed by atoms with van der Waals surface area (Å²) in [4.78, 5) is 24.2. The molecule has 0 spiro atoms. The van der Waals surface area contributed by atoms with Crippen molar-refractivity contribution in [1.82, 2.24) is 15.5 Å². The monoisotopic (exact) mass is 183 g/mol. The van der Waals surface area contributed by atoms with Crippen molar-refractivity contribution in [3.05, 3.63) is 0 Å². The predicted octanol–water partition coefficient (Wildman–Crippen LogP) is -1.70. The highest BCUT2D eigenvalue weighted by Crippen LogP contribution is 2.25. The molecule has 2 rings (SSSR count). The third kappa shape index (κ3) is 1.00. The molecule has 2 N–H and O–H groups in total. The SMILES string of the molecule is CNC1C(=O)N2C(C(C)=O)CNC12. The van der Waals surface area contributed by atoms with E-state index in [-0.39, 0.29) is 29.9 Å². The van der Waals surface area contributed by atoms with E-state index in [0.717, 1.165) is 0 Å². The highest BCUT2D eigenvalue weighted by atomic mass is 16.2. The molecule has 2 aliphatic rings. The van der Waals surface area contributed by atoms with Crippen molar-refractivity contribution in [2.24, 2.45) is 0 Å². The average Bonchev–Trinajstić information content (AvgIpc) is 2.45. The molecule has 0 aliphatic carbocycles. The summed E-state index contributed by atoms with van der Waals surface area (Å²) < 4.78 is 0. The van der Waals surface area contributed by atoms with Crippen molar-refractivity contribution in [3.63, 3.8) is 0 Å². The largest absolute Gasteiger partial charge is 0.312 e. The van der Waals surface area contributed by atoms with Crippen molar-refractivity contribution in [2.45, 2.75) is 25.2 Å². The molecule has 2 aliphatic heterocycles. The Bertz CT molecular complexity index is 266. The van der Waals surface area contributed by atoms with Gasteiger partial charge in [0, 0.05) is 6.54 Å². The molecule has 0 bridgehead atoms. The van der Waals surface area contributed by atoms with Gasteiger partial charge in [-0.15, -0.1) is 0 Å². The van der Waals surface area contributed by atoms with Crippen LogP contribution in [0.3, 0.4) is 0 Å². The van der Waals surface area contributed by atoms with E-state index in [1.807, 2.05) is 0 Å².